The predicted octanol–water partition coefficient (Wildman–Crippen LogP) is 3.86. The third kappa shape index (κ3) is 4.55. The van der Waals surface area contributed by atoms with Crippen molar-refractivity contribution in [2.45, 2.75) is 33.4 Å². The summed E-state index contributed by atoms with van der Waals surface area (Å²) in [5, 5.41) is 0. The molecule has 0 aliphatic rings. The Morgan fingerprint density at radius 1 is 1.08 bits per heavy atom. The Balaban J connectivity index is 2.23. The molecule has 0 saturated carbocycles. The molecule has 1 atom stereocenters. The number of methoxy groups -OCH3 is 1. The summed E-state index contributed by atoms with van der Waals surface area (Å²) in [7, 11) is 1.36. The van der Waals surface area contributed by atoms with Crippen molar-refractivity contribution in [3.63, 3.8) is 0 Å². The maximum atomic E-state index is 12.0. The molecular formula is C21H27NO4. The number of benzene rings is 2. The van der Waals surface area contributed by atoms with E-state index in [0.717, 1.165) is 11.1 Å². The number of esters is 1. The first-order valence-corrected chi connectivity index (χ1v) is 8.67. The fourth-order valence-corrected chi connectivity index (χ4v) is 2.65. The van der Waals surface area contributed by atoms with Gasteiger partial charge in [-0.3, -0.25) is 4.79 Å². The van der Waals surface area contributed by atoms with Crippen molar-refractivity contribution in [1.82, 2.24) is 0 Å². The molecule has 0 amide bonds. The maximum Gasteiger partial charge on any atom is 0.313 e. The SMILES string of the molecule is CCOc1cc([C@H](N)C(C)(C)C(=O)OC)ccc1OCc1ccccc1. The van der Waals surface area contributed by atoms with Crippen LogP contribution in [0.25, 0.3) is 0 Å². The van der Waals surface area contributed by atoms with Gasteiger partial charge in [0.2, 0.25) is 0 Å². The molecule has 2 N–H and O–H groups in total. The predicted molar refractivity (Wildman–Crippen MR) is 101 cm³/mol. The van der Waals surface area contributed by atoms with Crippen molar-refractivity contribution in [2.24, 2.45) is 11.1 Å². The number of nitrogens with two attached hydrogens (primary N) is 1. The third-order valence-corrected chi connectivity index (χ3v) is 4.35. The average molecular weight is 357 g/mol. The first-order chi connectivity index (χ1) is 12.4. The molecule has 140 valence electrons. The molecule has 0 unspecified atom stereocenters. The van der Waals surface area contributed by atoms with Gasteiger partial charge in [0, 0.05) is 6.04 Å². The molecule has 0 spiro atoms. The van der Waals surface area contributed by atoms with Crippen LogP contribution in [0.5, 0.6) is 11.5 Å². The van der Waals surface area contributed by atoms with Crippen molar-refractivity contribution in [3.05, 3.63) is 59.7 Å². The monoisotopic (exact) mass is 357 g/mol. The van der Waals surface area contributed by atoms with E-state index in [9.17, 15) is 4.79 Å². The molecule has 0 aliphatic carbocycles. The van der Waals surface area contributed by atoms with Gasteiger partial charge >= 0.3 is 5.97 Å². The van der Waals surface area contributed by atoms with Gasteiger partial charge in [-0.2, -0.15) is 0 Å². The number of ether oxygens (including phenoxy) is 3. The smallest absolute Gasteiger partial charge is 0.313 e. The Bertz CT molecular complexity index is 728. The van der Waals surface area contributed by atoms with Crippen LogP contribution >= 0.6 is 0 Å². The first-order valence-electron chi connectivity index (χ1n) is 8.67. The minimum absolute atomic E-state index is 0.354. The van der Waals surface area contributed by atoms with Crippen LogP contribution in [0.4, 0.5) is 0 Å². The topological polar surface area (TPSA) is 70.8 Å². The highest BCUT2D eigenvalue weighted by Gasteiger charge is 2.37. The average Bonchev–Trinajstić information content (AvgIpc) is 2.66. The van der Waals surface area contributed by atoms with Crippen LogP contribution in [0.3, 0.4) is 0 Å². The summed E-state index contributed by atoms with van der Waals surface area (Å²) < 4.78 is 16.5. The summed E-state index contributed by atoms with van der Waals surface area (Å²) in [6.07, 6.45) is 0. The summed E-state index contributed by atoms with van der Waals surface area (Å²) in [6.45, 7) is 6.39. The fourth-order valence-electron chi connectivity index (χ4n) is 2.65. The molecule has 2 aromatic rings. The zero-order valence-electron chi connectivity index (χ0n) is 15.8. The van der Waals surface area contributed by atoms with Crippen molar-refractivity contribution >= 4 is 5.97 Å². The van der Waals surface area contributed by atoms with Gasteiger partial charge in [0.05, 0.1) is 19.1 Å². The summed E-state index contributed by atoms with van der Waals surface area (Å²) >= 11 is 0. The molecule has 0 saturated heterocycles. The lowest BCUT2D eigenvalue weighted by atomic mass is 9.81. The minimum Gasteiger partial charge on any atom is -0.490 e. The van der Waals surface area contributed by atoms with Crippen LogP contribution in [0.15, 0.2) is 48.5 Å². The van der Waals surface area contributed by atoms with E-state index in [4.69, 9.17) is 19.9 Å². The minimum atomic E-state index is -0.857. The van der Waals surface area contributed by atoms with Crippen LogP contribution in [-0.4, -0.2) is 19.7 Å². The fraction of sp³-hybridized carbons (Fsp3) is 0.381. The Hall–Kier alpha value is -2.53. The van der Waals surface area contributed by atoms with Crippen LogP contribution < -0.4 is 15.2 Å². The second-order valence-electron chi connectivity index (χ2n) is 6.60. The molecule has 0 fully saturated rings. The van der Waals surface area contributed by atoms with Gasteiger partial charge in [0.25, 0.3) is 0 Å². The van der Waals surface area contributed by atoms with E-state index in [1.54, 1.807) is 13.8 Å². The summed E-state index contributed by atoms with van der Waals surface area (Å²) in [6, 6.07) is 14.9. The molecule has 0 heterocycles. The molecule has 2 rings (SSSR count). The molecule has 26 heavy (non-hydrogen) atoms. The quantitative estimate of drug-likeness (QED) is 0.726. The van der Waals surface area contributed by atoms with E-state index >= 15 is 0 Å². The maximum absolute atomic E-state index is 12.0. The summed E-state index contributed by atoms with van der Waals surface area (Å²) in [5.74, 6) is 0.895. The van der Waals surface area contributed by atoms with Crippen molar-refractivity contribution in [2.75, 3.05) is 13.7 Å². The largest absolute Gasteiger partial charge is 0.490 e. The van der Waals surface area contributed by atoms with Crippen molar-refractivity contribution < 1.29 is 19.0 Å². The lowest BCUT2D eigenvalue weighted by Crippen LogP contribution is -2.37. The number of carbonyl (C=O) groups excluding carboxylic acids is 1. The van der Waals surface area contributed by atoms with Crippen LogP contribution in [-0.2, 0) is 16.1 Å². The number of carbonyl (C=O) groups is 1. The first kappa shape index (κ1) is 19.8. The van der Waals surface area contributed by atoms with Gasteiger partial charge in [-0.15, -0.1) is 0 Å². The second kappa shape index (κ2) is 8.72. The van der Waals surface area contributed by atoms with E-state index in [-0.39, 0.29) is 5.97 Å². The van der Waals surface area contributed by atoms with Gasteiger partial charge < -0.3 is 19.9 Å². The Kier molecular flexibility index (Phi) is 6.64. The standard InChI is InChI=1S/C21H27NO4/c1-5-25-18-13-16(19(22)21(2,3)20(23)24-4)11-12-17(18)26-14-15-9-7-6-8-10-15/h6-13,19H,5,14,22H2,1-4H3/t19-/m0/s1. The molecular weight excluding hydrogens is 330 g/mol. The van der Waals surface area contributed by atoms with Crippen LogP contribution in [0, 0.1) is 5.41 Å². The lowest BCUT2D eigenvalue weighted by Gasteiger charge is -2.29. The molecule has 0 aromatic heterocycles. The van der Waals surface area contributed by atoms with Crippen molar-refractivity contribution in [3.8, 4) is 11.5 Å². The number of rotatable bonds is 8. The van der Waals surface area contributed by atoms with Crippen LogP contribution in [0.2, 0.25) is 0 Å². The Morgan fingerprint density at radius 3 is 2.38 bits per heavy atom. The highest BCUT2D eigenvalue weighted by Crippen LogP contribution is 2.37. The summed E-state index contributed by atoms with van der Waals surface area (Å²) in [5.41, 5.74) is 7.34. The van der Waals surface area contributed by atoms with E-state index in [1.807, 2.05) is 55.5 Å². The van der Waals surface area contributed by atoms with E-state index in [2.05, 4.69) is 0 Å². The Labute approximate surface area is 155 Å². The molecule has 0 radical (unpaired) electrons. The highest BCUT2D eigenvalue weighted by molar-refractivity contribution is 5.77. The molecule has 0 aliphatic heterocycles. The molecule has 0 bridgehead atoms. The van der Waals surface area contributed by atoms with E-state index < -0.39 is 11.5 Å². The van der Waals surface area contributed by atoms with Gasteiger partial charge in [-0.1, -0.05) is 36.4 Å². The second-order valence-corrected chi connectivity index (χ2v) is 6.60. The number of hydrogen-bond acceptors (Lipinski definition) is 5. The van der Waals surface area contributed by atoms with Crippen molar-refractivity contribution in [1.29, 1.82) is 0 Å². The zero-order valence-corrected chi connectivity index (χ0v) is 15.8. The normalized spacial score (nSPS) is 12.3. The van der Waals surface area contributed by atoms with Gasteiger partial charge in [0.1, 0.15) is 6.61 Å². The Morgan fingerprint density at radius 2 is 1.77 bits per heavy atom. The molecule has 2 aromatic carbocycles. The van der Waals surface area contributed by atoms with E-state index in [0.29, 0.717) is 24.7 Å². The summed E-state index contributed by atoms with van der Waals surface area (Å²) in [4.78, 5) is 12.0. The van der Waals surface area contributed by atoms with E-state index in [1.165, 1.54) is 7.11 Å². The lowest BCUT2D eigenvalue weighted by molar-refractivity contribution is -0.152. The third-order valence-electron chi connectivity index (χ3n) is 4.35. The highest BCUT2D eigenvalue weighted by atomic mass is 16.5. The molecule has 5 nitrogen and oxygen atoms in total. The van der Waals surface area contributed by atoms with Gasteiger partial charge in [-0.25, -0.2) is 0 Å². The van der Waals surface area contributed by atoms with Gasteiger partial charge in [-0.05, 0) is 44.0 Å². The van der Waals surface area contributed by atoms with Gasteiger partial charge in [0.15, 0.2) is 11.5 Å². The zero-order chi connectivity index (χ0) is 19.2. The van der Waals surface area contributed by atoms with Crippen LogP contribution in [0.1, 0.15) is 37.9 Å². The number of hydrogen-bond donors (Lipinski definition) is 1. The molecule has 5 heteroatoms.